The zero-order chi connectivity index (χ0) is 25.4. The highest BCUT2D eigenvalue weighted by molar-refractivity contribution is 5.76. The average molecular weight is 482 g/mol. The Labute approximate surface area is 195 Å². The smallest absolute Gasteiger partial charge is 0.303 e. The molecule has 12 nitrogen and oxygen atoms in total. The van der Waals surface area contributed by atoms with Gasteiger partial charge in [-0.3, -0.25) is 24.0 Å². The first-order valence-electron chi connectivity index (χ1n) is 10.2. The summed E-state index contributed by atoms with van der Waals surface area (Å²) in [6.45, 7) is 4.13. The molecule has 1 aliphatic rings. The van der Waals surface area contributed by atoms with Crippen LogP contribution in [0.15, 0.2) is 18.2 Å². The lowest BCUT2D eigenvalue weighted by Gasteiger charge is -2.44. The van der Waals surface area contributed by atoms with Gasteiger partial charge in [-0.15, -0.1) is 0 Å². The van der Waals surface area contributed by atoms with E-state index in [1.807, 2.05) is 0 Å². The summed E-state index contributed by atoms with van der Waals surface area (Å²) in [6.07, 6.45) is -6.03. The minimum Gasteiger partial charge on any atom is -0.493 e. The zero-order valence-corrected chi connectivity index (χ0v) is 19.3. The second kappa shape index (κ2) is 12.0. The quantitative estimate of drug-likeness (QED) is 0.280. The summed E-state index contributed by atoms with van der Waals surface area (Å²) in [4.78, 5) is 57.9. The van der Waals surface area contributed by atoms with Gasteiger partial charge in [0.2, 0.25) is 12.4 Å². The van der Waals surface area contributed by atoms with Crippen LogP contribution in [0.3, 0.4) is 0 Å². The van der Waals surface area contributed by atoms with Crippen LogP contribution in [0.1, 0.15) is 38.1 Å². The normalized spacial score (nSPS) is 23.7. The van der Waals surface area contributed by atoms with Gasteiger partial charge in [0.25, 0.3) is 0 Å². The van der Waals surface area contributed by atoms with Crippen LogP contribution in [0.25, 0.3) is 0 Å². The Morgan fingerprint density at radius 2 is 1.44 bits per heavy atom. The SMILES string of the molecule is COc1cc(C=O)ccc1O[C@@H]1O[C@H](COC(C)=O)[C@@H](OC(C)=O)[C@H](OC(C)=O)[C@@H]1OC(C)=O. The highest BCUT2D eigenvalue weighted by atomic mass is 16.7. The average Bonchev–Trinajstić information content (AvgIpc) is 2.75. The number of esters is 4. The lowest BCUT2D eigenvalue weighted by atomic mass is 9.98. The van der Waals surface area contributed by atoms with Crippen molar-refractivity contribution in [2.75, 3.05) is 13.7 Å². The number of hydrogen-bond acceptors (Lipinski definition) is 12. The van der Waals surface area contributed by atoms with Crippen molar-refractivity contribution in [3.05, 3.63) is 23.8 Å². The predicted molar refractivity (Wildman–Crippen MR) is 111 cm³/mol. The van der Waals surface area contributed by atoms with Crippen LogP contribution in [0, 0.1) is 0 Å². The Balaban J connectivity index is 2.51. The topological polar surface area (TPSA) is 150 Å². The molecule has 34 heavy (non-hydrogen) atoms. The molecule has 0 N–H and O–H groups in total. The fourth-order valence-corrected chi connectivity index (χ4v) is 3.26. The minimum absolute atomic E-state index is 0.106. The molecule has 12 heteroatoms. The first-order chi connectivity index (χ1) is 16.0. The van der Waals surface area contributed by atoms with Gasteiger partial charge in [0.15, 0.2) is 23.7 Å². The first-order valence-corrected chi connectivity index (χ1v) is 10.2. The Morgan fingerprint density at radius 3 is 1.97 bits per heavy atom. The van der Waals surface area contributed by atoms with Crippen LogP contribution < -0.4 is 9.47 Å². The van der Waals surface area contributed by atoms with E-state index in [2.05, 4.69) is 0 Å². The molecule has 0 aromatic heterocycles. The van der Waals surface area contributed by atoms with E-state index < -0.39 is 54.6 Å². The second-order valence-electron chi connectivity index (χ2n) is 7.21. The van der Waals surface area contributed by atoms with Gasteiger partial charge in [-0.2, -0.15) is 0 Å². The molecule has 1 aromatic rings. The van der Waals surface area contributed by atoms with Crippen LogP contribution in [-0.2, 0) is 42.9 Å². The van der Waals surface area contributed by atoms with E-state index in [0.717, 1.165) is 20.8 Å². The third-order valence-electron chi connectivity index (χ3n) is 4.52. The molecule has 1 heterocycles. The van der Waals surface area contributed by atoms with Gasteiger partial charge in [-0.25, -0.2) is 0 Å². The highest BCUT2D eigenvalue weighted by Crippen LogP contribution is 2.34. The Hall–Kier alpha value is -3.67. The summed E-state index contributed by atoms with van der Waals surface area (Å²) in [7, 11) is 1.35. The number of methoxy groups -OCH3 is 1. The summed E-state index contributed by atoms with van der Waals surface area (Å²) >= 11 is 0. The molecule has 0 bridgehead atoms. The number of ether oxygens (including phenoxy) is 7. The second-order valence-corrected chi connectivity index (χ2v) is 7.21. The van der Waals surface area contributed by atoms with Gasteiger partial charge < -0.3 is 33.2 Å². The molecule has 1 aliphatic heterocycles. The minimum atomic E-state index is -1.42. The van der Waals surface area contributed by atoms with E-state index in [1.54, 1.807) is 0 Å². The van der Waals surface area contributed by atoms with Gasteiger partial charge in [0.05, 0.1) is 7.11 Å². The fourth-order valence-electron chi connectivity index (χ4n) is 3.26. The lowest BCUT2D eigenvalue weighted by Crippen LogP contribution is -2.63. The first kappa shape index (κ1) is 26.6. The number of aldehydes is 1. The molecule has 2 rings (SSSR count). The van der Waals surface area contributed by atoms with E-state index >= 15 is 0 Å². The van der Waals surface area contributed by atoms with E-state index in [9.17, 15) is 24.0 Å². The maximum Gasteiger partial charge on any atom is 0.303 e. The number of carbonyl (C=O) groups is 5. The monoisotopic (exact) mass is 482 g/mol. The van der Waals surface area contributed by atoms with Crippen LogP contribution in [-0.4, -0.2) is 74.6 Å². The molecule has 1 aromatic carbocycles. The summed E-state index contributed by atoms with van der Waals surface area (Å²) in [5, 5.41) is 0. The zero-order valence-electron chi connectivity index (χ0n) is 19.3. The van der Waals surface area contributed by atoms with Gasteiger partial charge in [0, 0.05) is 33.3 Å². The summed E-state index contributed by atoms with van der Waals surface area (Å²) in [6, 6.07) is 4.29. The van der Waals surface area contributed by atoms with E-state index in [1.165, 1.54) is 32.2 Å². The summed E-state index contributed by atoms with van der Waals surface area (Å²) in [5.74, 6) is -2.64. The fraction of sp³-hybridized carbons (Fsp3) is 0.500. The molecule has 1 saturated heterocycles. The molecule has 0 aliphatic carbocycles. The Morgan fingerprint density at radius 1 is 0.853 bits per heavy atom. The van der Waals surface area contributed by atoms with Crippen molar-refractivity contribution in [2.24, 2.45) is 0 Å². The number of benzene rings is 1. The van der Waals surface area contributed by atoms with Crippen LogP contribution in [0.5, 0.6) is 11.5 Å². The van der Waals surface area contributed by atoms with Crippen molar-refractivity contribution in [3.8, 4) is 11.5 Å². The van der Waals surface area contributed by atoms with Crippen LogP contribution in [0.4, 0.5) is 0 Å². The molecule has 0 saturated carbocycles. The summed E-state index contributed by atoms with van der Waals surface area (Å²) in [5.41, 5.74) is 0.311. The molecule has 5 atom stereocenters. The molecular formula is C22H26O12. The maximum absolute atomic E-state index is 11.9. The number of rotatable bonds is 9. The number of hydrogen-bond donors (Lipinski definition) is 0. The number of carbonyl (C=O) groups excluding carboxylic acids is 5. The lowest BCUT2D eigenvalue weighted by molar-refractivity contribution is -0.288. The van der Waals surface area contributed by atoms with Gasteiger partial charge >= 0.3 is 23.9 Å². The van der Waals surface area contributed by atoms with Crippen molar-refractivity contribution in [1.82, 2.24) is 0 Å². The third kappa shape index (κ3) is 7.17. The van der Waals surface area contributed by atoms with E-state index in [-0.39, 0.29) is 18.1 Å². The molecule has 1 fully saturated rings. The predicted octanol–water partition coefficient (Wildman–Crippen LogP) is 0.970. The van der Waals surface area contributed by atoms with Crippen LogP contribution >= 0.6 is 0 Å². The molecule has 0 amide bonds. The largest absolute Gasteiger partial charge is 0.493 e. The van der Waals surface area contributed by atoms with Gasteiger partial charge in [-0.1, -0.05) is 0 Å². The standard InChI is InChI=1S/C22H26O12/c1-11(24)29-10-18-19(30-12(2)25)20(31-13(3)26)21(32-14(4)27)22(34-18)33-16-7-6-15(9-23)8-17(16)28-5/h6-9,18-22H,10H2,1-5H3/t18-,19-,20+,21+,22-/m1/s1. The van der Waals surface area contributed by atoms with Gasteiger partial charge in [-0.05, 0) is 18.2 Å². The highest BCUT2D eigenvalue weighted by Gasteiger charge is 2.53. The van der Waals surface area contributed by atoms with Crippen molar-refractivity contribution in [1.29, 1.82) is 0 Å². The Bertz CT molecular complexity index is 926. The van der Waals surface area contributed by atoms with E-state index in [4.69, 9.17) is 33.2 Å². The third-order valence-corrected chi connectivity index (χ3v) is 4.52. The van der Waals surface area contributed by atoms with Crippen molar-refractivity contribution in [3.63, 3.8) is 0 Å². The van der Waals surface area contributed by atoms with Crippen molar-refractivity contribution >= 4 is 30.2 Å². The molecule has 186 valence electrons. The van der Waals surface area contributed by atoms with Crippen molar-refractivity contribution < 1.29 is 57.1 Å². The van der Waals surface area contributed by atoms with Crippen molar-refractivity contribution in [2.45, 2.75) is 58.4 Å². The van der Waals surface area contributed by atoms with Gasteiger partial charge in [0.1, 0.15) is 19.0 Å². The van der Waals surface area contributed by atoms with Crippen LogP contribution in [0.2, 0.25) is 0 Å². The summed E-state index contributed by atoms with van der Waals surface area (Å²) < 4.78 is 38.0. The molecule has 0 radical (unpaired) electrons. The Kier molecular flexibility index (Phi) is 9.36. The molecule has 0 unspecified atom stereocenters. The molecular weight excluding hydrogens is 456 g/mol. The maximum atomic E-state index is 11.9. The van der Waals surface area contributed by atoms with E-state index in [0.29, 0.717) is 11.8 Å². The molecule has 0 spiro atoms.